The van der Waals surface area contributed by atoms with Crippen molar-refractivity contribution in [2.45, 2.75) is 51.9 Å². The molecular weight excluding hydrogens is 368 g/mol. The summed E-state index contributed by atoms with van der Waals surface area (Å²) in [6.45, 7) is 5.02. The molecule has 0 fully saturated rings. The van der Waals surface area contributed by atoms with Crippen LogP contribution in [-0.2, 0) is 38.1 Å². The maximum Gasteiger partial charge on any atom is 0.335 e. The Morgan fingerprint density at radius 2 is 1.26 bits per heavy atom. The maximum atomic E-state index is 10.5. The van der Waals surface area contributed by atoms with Crippen LogP contribution in [0.3, 0.4) is 0 Å². The summed E-state index contributed by atoms with van der Waals surface area (Å²) in [4.78, 5) is 41.4. The van der Waals surface area contributed by atoms with Crippen LogP contribution in [0.4, 0.5) is 0 Å². The molecular formula is C16H30O11. The predicted octanol–water partition coefficient (Wildman–Crippen LogP) is -1.06. The van der Waals surface area contributed by atoms with Crippen molar-refractivity contribution >= 4 is 23.9 Å². The molecule has 0 aromatic heterocycles. The second-order valence-electron chi connectivity index (χ2n) is 4.88. The van der Waals surface area contributed by atoms with Crippen LogP contribution < -0.4 is 0 Å². The van der Waals surface area contributed by atoms with E-state index in [1.165, 1.54) is 21.1 Å². The highest BCUT2D eigenvalue weighted by atomic mass is 16.5. The number of carbonyl (C=O) groups excluding carboxylic acids is 4. The monoisotopic (exact) mass is 398 g/mol. The van der Waals surface area contributed by atoms with E-state index in [0.29, 0.717) is 6.61 Å². The van der Waals surface area contributed by atoms with Gasteiger partial charge in [-0.3, -0.25) is 9.59 Å². The third-order valence-corrected chi connectivity index (χ3v) is 2.37. The highest BCUT2D eigenvalue weighted by molar-refractivity contribution is 5.81. The van der Waals surface area contributed by atoms with Gasteiger partial charge in [-0.2, -0.15) is 0 Å². The molecule has 0 amide bonds. The molecule has 0 aliphatic heterocycles. The molecule has 0 saturated carbocycles. The van der Waals surface area contributed by atoms with Gasteiger partial charge in [0.15, 0.2) is 6.10 Å². The Morgan fingerprint density at radius 3 is 1.52 bits per heavy atom. The normalized spacial score (nSPS) is 12.5. The minimum Gasteiger partial charge on any atom is -0.469 e. The number of ether oxygens (including phenoxy) is 4. The van der Waals surface area contributed by atoms with Gasteiger partial charge in [-0.1, -0.05) is 0 Å². The lowest BCUT2D eigenvalue weighted by atomic mass is 10.2. The van der Waals surface area contributed by atoms with Crippen LogP contribution in [0.25, 0.3) is 0 Å². The van der Waals surface area contributed by atoms with Crippen LogP contribution >= 0.6 is 0 Å². The smallest absolute Gasteiger partial charge is 0.335 e. The van der Waals surface area contributed by atoms with Crippen molar-refractivity contribution in [3.63, 3.8) is 0 Å². The van der Waals surface area contributed by atoms with Crippen LogP contribution in [0, 0.1) is 0 Å². The third-order valence-electron chi connectivity index (χ3n) is 2.37. The first kappa shape index (κ1) is 29.5. The molecule has 0 aromatic rings. The molecule has 0 radical (unpaired) electrons. The van der Waals surface area contributed by atoms with Gasteiger partial charge >= 0.3 is 23.9 Å². The molecule has 11 heteroatoms. The van der Waals surface area contributed by atoms with E-state index in [0.717, 1.165) is 7.11 Å². The Kier molecular flexibility index (Phi) is 20.3. The standard InChI is InChI=1S/C6H10O5.C6H12O3.C4H8O3/c1-10-5(8)3-4(7)6(9)11-2;1-3-9-6(8)4-5(2)7;1-3(5)4(6)7-2/h4,7H,3H2,1-2H3;5,7H,3-4H2,1-2H3;3,5H,1-2H3/t4-;;3-/m0.0/s1. The molecule has 0 bridgehead atoms. The predicted molar refractivity (Wildman–Crippen MR) is 91.3 cm³/mol. The highest BCUT2D eigenvalue weighted by Crippen LogP contribution is 1.95. The van der Waals surface area contributed by atoms with Gasteiger partial charge in [0.25, 0.3) is 0 Å². The number of aliphatic hydroxyl groups is 3. The summed E-state index contributed by atoms with van der Waals surface area (Å²) in [6.07, 6.45) is -3.29. The van der Waals surface area contributed by atoms with E-state index in [1.807, 2.05) is 0 Å². The molecule has 3 atom stereocenters. The Morgan fingerprint density at radius 1 is 0.778 bits per heavy atom. The molecule has 0 saturated heterocycles. The quantitative estimate of drug-likeness (QED) is 0.353. The molecule has 0 rings (SSSR count). The lowest BCUT2D eigenvalue weighted by Gasteiger charge is -2.05. The maximum absolute atomic E-state index is 10.5. The van der Waals surface area contributed by atoms with Crippen molar-refractivity contribution in [2.75, 3.05) is 27.9 Å². The molecule has 1 unspecified atom stereocenters. The lowest BCUT2D eigenvalue weighted by Crippen LogP contribution is -2.25. The Balaban J connectivity index is -0.000000329. The number of aliphatic hydroxyl groups excluding tert-OH is 3. The minimum absolute atomic E-state index is 0.0911. The molecule has 0 spiro atoms. The summed E-state index contributed by atoms with van der Waals surface area (Å²) in [6, 6.07) is 0. The van der Waals surface area contributed by atoms with Crippen LogP contribution in [0.2, 0.25) is 0 Å². The molecule has 27 heavy (non-hydrogen) atoms. The first-order valence-electron chi connectivity index (χ1n) is 7.88. The SMILES string of the molecule is CCOC(=O)CC(C)O.COC(=O)C[C@H](O)C(=O)OC.COC(=O)[C@H](C)O. The third kappa shape index (κ3) is 21.7. The van der Waals surface area contributed by atoms with E-state index in [2.05, 4.69) is 18.9 Å². The van der Waals surface area contributed by atoms with E-state index in [9.17, 15) is 19.2 Å². The average molecular weight is 398 g/mol. The lowest BCUT2D eigenvalue weighted by molar-refractivity contribution is -0.156. The minimum atomic E-state index is -1.42. The summed E-state index contributed by atoms with van der Waals surface area (Å²) >= 11 is 0. The summed E-state index contributed by atoms with van der Waals surface area (Å²) < 4.78 is 17.0. The Hall–Kier alpha value is -2.24. The number of methoxy groups -OCH3 is 3. The van der Waals surface area contributed by atoms with Crippen molar-refractivity contribution in [3.8, 4) is 0 Å². The molecule has 0 aromatic carbocycles. The number of hydrogen-bond donors (Lipinski definition) is 3. The second-order valence-corrected chi connectivity index (χ2v) is 4.88. The number of hydrogen-bond acceptors (Lipinski definition) is 11. The van der Waals surface area contributed by atoms with Gasteiger partial charge in [-0.05, 0) is 20.8 Å². The van der Waals surface area contributed by atoms with Crippen molar-refractivity contribution in [2.24, 2.45) is 0 Å². The highest BCUT2D eigenvalue weighted by Gasteiger charge is 2.19. The summed E-state index contributed by atoms with van der Waals surface area (Å²) in [5.74, 6) is -2.43. The summed E-state index contributed by atoms with van der Waals surface area (Å²) in [7, 11) is 3.53. The van der Waals surface area contributed by atoms with Gasteiger partial charge in [0.1, 0.15) is 6.10 Å². The number of esters is 4. The zero-order valence-electron chi connectivity index (χ0n) is 16.5. The van der Waals surface area contributed by atoms with Gasteiger partial charge in [0.05, 0.1) is 46.9 Å². The van der Waals surface area contributed by atoms with E-state index in [4.69, 9.17) is 15.3 Å². The van der Waals surface area contributed by atoms with Gasteiger partial charge in [-0.25, -0.2) is 9.59 Å². The van der Waals surface area contributed by atoms with Crippen molar-refractivity contribution in [3.05, 3.63) is 0 Å². The number of carbonyl (C=O) groups is 4. The van der Waals surface area contributed by atoms with Crippen LogP contribution in [0.1, 0.15) is 33.6 Å². The zero-order valence-corrected chi connectivity index (χ0v) is 16.5. The second kappa shape index (κ2) is 18.5. The molecule has 3 N–H and O–H groups in total. The topological polar surface area (TPSA) is 166 Å². The Bertz CT molecular complexity index is 432. The summed E-state index contributed by atoms with van der Waals surface area (Å²) in [5, 5.41) is 25.8. The van der Waals surface area contributed by atoms with E-state index < -0.39 is 36.2 Å². The molecule has 0 aliphatic rings. The van der Waals surface area contributed by atoms with Crippen molar-refractivity contribution in [1.82, 2.24) is 0 Å². The average Bonchev–Trinajstić information content (AvgIpc) is 2.60. The fourth-order valence-electron chi connectivity index (χ4n) is 1.09. The van der Waals surface area contributed by atoms with Crippen LogP contribution in [0.15, 0.2) is 0 Å². The van der Waals surface area contributed by atoms with Gasteiger partial charge in [0.2, 0.25) is 0 Å². The van der Waals surface area contributed by atoms with Gasteiger partial charge in [0, 0.05) is 0 Å². The van der Waals surface area contributed by atoms with Gasteiger partial charge in [-0.15, -0.1) is 0 Å². The molecule has 0 heterocycles. The Labute approximate surface area is 158 Å². The van der Waals surface area contributed by atoms with E-state index in [-0.39, 0.29) is 18.8 Å². The first-order valence-corrected chi connectivity index (χ1v) is 7.88. The molecule has 160 valence electrons. The fraction of sp³-hybridized carbons (Fsp3) is 0.750. The van der Waals surface area contributed by atoms with Crippen LogP contribution in [0.5, 0.6) is 0 Å². The van der Waals surface area contributed by atoms with Crippen molar-refractivity contribution < 1.29 is 53.4 Å². The van der Waals surface area contributed by atoms with E-state index >= 15 is 0 Å². The fourth-order valence-corrected chi connectivity index (χ4v) is 1.09. The molecule has 0 aliphatic carbocycles. The van der Waals surface area contributed by atoms with Crippen LogP contribution in [-0.4, -0.2) is 85.4 Å². The van der Waals surface area contributed by atoms with Crippen molar-refractivity contribution in [1.29, 1.82) is 0 Å². The van der Waals surface area contributed by atoms with Gasteiger partial charge < -0.3 is 34.3 Å². The zero-order chi connectivity index (χ0) is 22.0. The number of rotatable bonds is 7. The summed E-state index contributed by atoms with van der Waals surface area (Å²) in [5.41, 5.74) is 0. The molecule has 11 nitrogen and oxygen atoms in total. The first-order chi connectivity index (χ1) is 12.5. The largest absolute Gasteiger partial charge is 0.469 e. The van der Waals surface area contributed by atoms with E-state index in [1.54, 1.807) is 13.8 Å².